The highest BCUT2D eigenvalue weighted by Crippen LogP contribution is 2.41. The zero-order valence-corrected chi connectivity index (χ0v) is 12.4. The van der Waals surface area contributed by atoms with E-state index >= 15 is 0 Å². The second kappa shape index (κ2) is 5.68. The van der Waals surface area contributed by atoms with Gasteiger partial charge in [0.15, 0.2) is 5.79 Å². The van der Waals surface area contributed by atoms with Gasteiger partial charge in [-0.15, -0.1) is 0 Å². The lowest BCUT2D eigenvalue weighted by atomic mass is 9.84. The van der Waals surface area contributed by atoms with Gasteiger partial charge in [-0.25, -0.2) is 0 Å². The fourth-order valence-electron chi connectivity index (χ4n) is 3.86. The second-order valence-corrected chi connectivity index (χ2v) is 6.28. The molecule has 0 aromatic carbocycles. The molecule has 3 aliphatic rings. The fraction of sp³-hybridized carbons (Fsp3) is 1.00. The average molecular weight is 268 g/mol. The normalized spacial score (nSPS) is 34.3. The molecule has 0 amide bonds. The van der Waals surface area contributed by atoms with Crippen molar-refractivity contribution in [2.45, 2.75) is 69.4 Å². The Morgan fingerprint density at radius 1 is 1.21 bits per heavy atom. The Hall–Kier alpha value is -0.160. The summed E-state index contributed by atoms with van der Waals surface area (Å²) in [6.07, 6.45) is 7.23. The maximum absolute atomic E-state index is 5.96. The number of nitrogens with one attached hydrogen (secondary N) is 1. The predicted molar refractivity (Wildman–Crippen MR) is 75.1 cm³/mol. The molecule has 19 heavy (non-hydrogen) atoms. The van der Waals surface area contributed by atoms with Crippen molar-refractivity contribution in [3.63, 3.8) is 0 Å². The van der Waals surface area contributed by atoms with Crippen molar-refractivity contribution in [2.24, 2.45) is 0 Å². The number of nitrogens with zero attached hydrogens (tertiary/aromatic N) is 1. The Morgan fingerprint density at radius 2 is 1.95 bits per heavy atom. The van der Waals surface area contributed by atoms with E-state index in [2.05, 4.69) is 24.2 Å². The Balaban J connectivity index is 1.73. The summed E-state index contributed by atoms with van der Waals surface area (Å²) in [4.78, 5) is 2.73. The van der Waals surface area contributed by atoms with Crippen LogP contribution in [0.25, 0.3) is 0 Å². The minimum atomic E-state index is -0.265. The van der Waals surface area contributed by atoms with E-state index in [1.165, 1.54) is 25.8 Å². The van der Waals surface area contributed by atoms with Gasteiger partial charge < -0.3 is 14.8 Å². The molecule has 1 aliphatic heterocycles. The molecule has 0 bridgehead atoms. The first-order valence-electron chi connectivity index (χ1n) is 7.99. The van der Waals surface area contributed by atoms with Gasteiger partial charge in [0.1, 0.15) is 0 Å². The molecule has 1 saturated heterocycles. The van der Waals surface area contributed by atoms with Crippen LogP contribution >= 0.6 is 0 Å². The highest BCUT2D eigenvalue weighted by molar-refractivity contribution is 5.00. The van der Waals surface area contributed by atoms with E-state index in [1.807, 2.05) is 0 Å². The van der Waals surface area contributed by atoms with E-state index in [0.29, 0.717) is 12.1 Å². The molecule has 1 spiro atoms. The summed E-state index contributed by atoms with van der Waals surface area (Å²) in [6.45, 7) is 5.04. The third kappa shape index (κ3) is 2.82. The first-order valence-corrected chi connectivity index (χ1v) is 7.99. The molecule has 3 fully saturated rings. The van der Waals surface area contributed by atoms with Crippen molar-refractivity contribution in [2.75, 3.05) is 26.8 Å². The highest BCUT2D eigenvalue weighted by atomic mass is 16.7. The van der Waals surface area contributed by atoms with Gasteiger partial charge in [0.05, 0.1) is 13.2 Å². The van der Waals surface area contributed by atoms with Crippen molar-refractivity contribution < 1.29 is 9.47 Å². The Labute approximate surface area is 116 Å². The second-order valence-electron chi connectivity index (χ2n) is 6.28. The van der Waals surface area contributed by atoms with Gasteiger partial charge in [0.25, 0.3) is 0 Å². The van der Waals surface area contributed by atoms with Crippen molar-refractivity contribution in [3.8, 4) is 0 Å². The third-order valence-electron chi connectivity index (χ3n) is 4.93. The molecule has 1 heterocycles. The van der Waals surface area contributed by atoms with E-state index in [1.54, 1.807) is 0 Å². The SMILES string of the molecule is CCCN(C1CC1)C1CC2(CCC1NC)OCCO2. The Bertz CT molecular complexity index is 301. The van der Waals surface area contributed by atoms with Crippen molar-refractivity contribution >= 4 is 0 Å². The van der Waals surface area contributed by atoms with E-state index in [-0.39, 0.29) is 5.79 Å². The largest absolute Gasteiger partial charge is 0.347 e. The maximum atomic E-state index is 5.96. The standard InChI is InChI=1S/C15H28N2O2/c1-3-8-17(12-4-5-12)14-11-15(18-9-10-19-15)7-6-13(14)16-2/h12-14,16H,3-11H2,1-2H3. The van der Waals surface area contributed by atoms with Gasteiger partial charge in [-0.2, -0.15) is 0 Å². The smallest absolute Gasteiger partial charge is 0.170 e. The Kier molecular flexibility index (Phi) is 4.13. The van der Waals surface area contributed by atoms with Gasteiger partial charge in [0.2, 0.25) is 0 Å². The lowest BCUT2D eigenvalue weighted by Gasteiger charge is -2.46. The summed E-state index contributed by atoms with van der Waals surface area (Å²) < 4.78 is 11.9. The summed E-state index contributed by atoms with van der Waals surface area (Å²) in [7, 11) is 2.10. The van der Waals surface area contributed by atoms with E-state index in [4.69, 9.17) is 9.47 Å². The molecule has 2 unspecified atom stereocenters. The number of ether oxygens (including phenoxy) is 2. The van der Waals surface area contributed by atoms with Crippen LogP contribution in [-0.4, -0.2) is 55.6 Å². The Morgan fingerprint density at radius 3 is 2.53 bits per heavy atom. The molecule has 2 atom stereocenters. The lowest BCUT2D eigenvalue weighted by Crippen LogP contribution is -2.57. The topological polar surface area (TPSA) is 33.7 Å². The van der Waals surface area contributed by atoms with Gasteiger partial charge in [-0.05, 0) is 39.3 Å². The highest BCUT2D eigenvalue weighted by Gasteiger charge is 2.48. The lowest BCUT2D eigenvalue weighted by molar-refractivity contribution is -0.193. The van der Waals surface area contributed by atoms with Crippen molar-refractivity contribution in [1.82, 2.24) is 10.2 Å². The molecule has 1 N–H and O–H groups in total. The summed E-state index contributed by atoms with van der Waals surface area (Å²) >= 11 is 0. The van der Waals surface area contributed by atoms with Crippen LogP contribution in [0.1, 0.15) is 45.4 Å². The van der Waals surface area contributed by atoms with Crippen LogP contribution in [0.3, 0.4) is 0 Å². The number of rotatable bonds is 5. The first kappa shape index (κ1) is 13.8. The van der Waals surface area contributed by atoms with Gasteiger partial charge >= 0.3 is 0 Å². The fourth-order valence-corrected chi connectivity index (χ4v) is 3.86. The quantitative estimate of drug-likeness (QED) is 0.823. The zero-order valence-electron chi connectivity index (χ0n) is 12.4. The minimum absolute atomic E-state index is 0.265. The van der Waals surface area contributed by atoms with Crippen LogP contribution in [0.5, 0.6) is 0 Å². The van der Waals surface area contributed by atoms with Crippen LogP contribution in [0.15, 0.2) is 0 Å². The molecule has 0 aromatic rings. The summed E-state index contributed by atoms with van der Waals surface area (Å²) in [6, 6.07) is 1.98. The molecule has 4 nitrogen and oxygen atoms in total. The average Bonchev–Trinajstić information content (AvgIpc) is 3.18. The van der Waals surface area contributed by atoms with Crippen LogP contribution < -0.4 is 5.32 Å². The van der Waals surface area contributed by atoms with Crippen LogP contribution in [0.2, 0.25) is 0 Å². The van der Waals surface area contributed by atoms with E-state index in [9.17, 15) is 0 Å². The molecular weight excluding hydrogens is 240 g/mol. The van der Waals surface area contributed by atoms with E-state index in [0.717, 1.165) is 38.5 Å². The molecule has 0 aromatic heterocycles. The first-order chi connectivity index (χ1) is 9.28. The summed E-state index contributed by atoms with van der Waals surface area (Å²) in [5.74, 6) is -0.265. The van der Waals surface area contributed by atoms with Crippen LogP contribution in [0.4, 0.5) is 0 Å². The number of hydrogen-bond donors (Lipinski definition) is 1. The minimum Gasteiger partial charge on any atom is -0.347 e. The molecule has 0 radical (unpaired) electrons. The number of likely N-dealkylation sites (N-methyl/N-ethyl adjacent to an activating group) is 1. The van der Waals surface area contributed by atoms with Crippen LogP contribution in [-0.2, 0) is 9.47 Å². The van der Waals surface area contributed by atoms with Gasteiger partial charge in [-0.1, -0.05) is 6.92 Å². The van der Waals surface area contributed by atoms with Crippen molar-refractivity contribution in [3.05, 3.63) is 0 Å². The molecule has 2 aliphatic carbocycles. The molecule has 3 rings (SSSR count). The van der Waals surface area contributed by atoms with Gasteiger partial charge in [0, 0.05) is 31.0 Å². The monoisotopic (exact) mass is 268 g/mol. The molecule has 2 saturated carbocycles. The summed E-state index contributed by atoms with van der Waals surface area (Å²) in [5, 5.41) is 3.53. The summed E-state index contributed by atoms with van der Waals surface area (Å²) in [5.41, 5.74) is 0. The maximum Gasteiger partial charge on any atom is 0.170 e. The number of hydrogen-bond acceptors (Lipinski definition) is 4. The van der Waals surface area contributed by atoms with Crippen molar-refractivity contribution in [1.29, 1.82) is 0 Å². The molecule has 4 heteroatoms. The van der Waals surface area contributed by atoms with E-state index < -0.39 is 0 Å². The van der Waals surface area contributed by atoms with Gasteiger partial charge in [-0.3, -0.25) is 4.90 Å². The molecule has 110 valence electrons. The third-order valence-corrected chi connectivity index (χ3v) is 4.93. The molecular formula is C15H28N2O2. The zero-order chi connectivity index (χ0) is 13.3. The predicted octanol–water partition coefficient (Wildman–Crippen LogP) is 1.74. The van der Waals surface area contributed by atoms with Crippen LogP contribution in [0, 0.1) is 0 Å².